The number of hydrogen-bond acceptors (Lipinski definition) is 7. The van der Waals surface area contributed by atoms with Crippen LogP contribution in [0.15, 0.2) is 58.1 Å². The largest absolute Gasteiger partial charge is 0.322 e. The van der Waals surface area contributed by atoms with Crippen LogP contribution >= 0.6 is 24.0 Å². The molecule has 0 saturated carbocycles. The summed E-state index contributed by atoms with van der Waals surface area (Å²) in [6.45, 7) is 3.75. The minimum absolute atomic E-state index is 0.168. The van der Waals surface area contributed by atoms with Gasteiger partial charge in [0.2, 0.25) is 5.91 Å². The van der Waals surface area contributed by atoms with Gasteiger partial charge in [-0.15, -0.1) is 0 Å². The molecule has 0 aliphatic carbocycles. The Labute approximate surface area is 182 Å². The van der Waals surface area contributed by atoms with E-state index in [1.165, 1.54) is 16.7 Å². The Bertz CT molecular complexity index is 1160. The number of anilines is 1. The SMILES string of the molecule is CC(C)C(C(=O)Nc1cccc2nonc12)N1C(=O)C(=Cc2ccccc2)SC1=S. The van der Waals surface area contributed by atoms with Gasteiger partial charge in [0.25, 0.3) is 5.91 Å². The average molecular weight is 439 g/mol. The number of fused-ring (bicyclic) bond motifs is 1. The van der Waals surface area contributed by atoms with E-state index in [9.17, 15) is 9.59 Å². The molecule has 0 bridgehead atoms. The second-order valence-corrected chi connectivity index (χ2v) is 8.75. The lowest BCUT2D eigenvalue weighted by molar-refractivity contribution is -0.131. The van der Waals surface area contributed by atoms with Gasteiger partial charge in [-0.1, -0.05) is 74.2 Å². The topological polar surface area (TPSA) is 88.3 Å². The van der Waals surface area contributed by atoms with Crippen molar-refractivity contribution < 1.29 is 14.2 Å². The zero-order valence-corrected chi connectivity index (χ0v) is 17.9. The second kappa shape index (κ2) is 8.37. The van der Waals surface area contributed by atoms with Crippen LogP contribution in [-0.4, -0.2) is 37.4 Å². The summed E-state index contributed by atoms with van der Waals surface area (Å²) in [4.78, 5) is 28.2. The number of aromatic nitrogens is 2. The summed E-state index contributed by atoms with van der Waals surface area (Å²) in [7, 11) is 0. The third-order valence-corrected chi connectivity index (χ3v) is 5.97. The van der Waals surface area contributed by atoms with Crippen molar-refractivity contribution in [1.29, 1.82) is 0 Å². The minimum Gasteiger partial charge on any atom is -0.322 e. The highest BCUT2D eigenvalue weighted by Gasteiger charge is 2.42. The fraction of sp³-hybridized carbons (Fsp3) is 0.190. The van der Waals surface area contributed by atoms with Gasteiger partial charge in [0, 0.05) is 0 Å². The highest BCUT2D eigenvalue weighted by molar-refractivity contribution is 8.26. The molecule has 2 heterocycles. The van der Waals surface area contributed by atoms with Crippen LogP contribution in [0.5, 0.6) is 0 Å². The number of rotatable bonds is 5. The lowest BCUT2D eigenvalue weighted by Gasteiger charge is -2.28. The molecule has 9 heteroatoms. The van der Waals surface area contributed by atoms with Crippen LogP contribution in [0.1, 0.15) is 19.4 Å². The lowest BCUT2D eigenvalue weighted by Crippen LogP contribution is -2.49. The van der Waals surface area contributed by atoms with Crippen molar-refractivity contribution in [3.63, 3.8) is 0 Å². The van der Waals surface area contributed by atoms with Gasteiger partial charge in [0.15, 0.2) is 5.52 Å². The molecule has 4 rings (SSSR count). The van der Waals surface area contributed by atoms with E-state index < -0.39 is 6.04 Å². The predicted molar refractivity (Wildman–Crippen MR) is 121 cm³/mol. The number of nitrogens with one attached hydrogen (secondary N) is 1. The molecule has 152 valence electrons. The number of thiocarbonyl (C=S) groups is 1. The quantitative estimate of drug-likeness (QED) is 0.474. The first-order valence-electron chi connectivity index (χ1n) is 9.30. The zero-order chi connectivity index (χ0) is 21.3. The van der Waals surface area contributed by atoms with E-state index >= 15 is 0 Å². The van der Waals surface area contributed by atoms with E-state index in [4.69, 9.17) is 16.8 Å². The summed E-state index contributed by atoms with van der Waals surface area (Å²) in [5.74, 6) is -0.792. The van der Waals surface area contributed by atoms with E-state index in [0.29, 0.717) is 25.9 Å². The number of thioether (sulfide) groups is 1. The molecule has 30 heavy (non-hydrogen) atoms. The molecule has 1 aliphatic rings. The van der Waals surface area contributed by atoms with Gasteiger partial charge < -0.3 is 5.32 Å². The highest BCUT2D eigenvalue weighted by atomic mass is 32.2. The summed E-state index contributed by atoms with van der Waals surface area (Å²) in [5.41, 5.74) is 2.34. The van der Waals surface area contributed by atoms with Gasteiger partial charge in [-0.3, -0.25) is 14.5 Å². The van der Waals surface area contributed by atoms with Gasteiger partial charge >= 0.3 is 0 Å². The van der Waals surface area contributed by atoms with Gasteiger partial charge in [-0.25, -0.2) is 4.63 Å². The molecule has 1 unspecified atom stereocenters. The van der Waals surface area contributed by atoms with Gasteiger partial charge in [0.05, 0.1) is 10.6 Å². The van der Waals surface area contributed by atoms with E-state index in [1.54, 1.807) is 24.3 Å². The van der Waals surface area contributed by atoms with E-state index in [-0.39, 0.29) is 17.7 Å². The van der Waals surface area contributed by atoms with Crippen LogP contribution in [0.25, 0.3) is 17.1 Å². The number of amides is 2. The van der Waals surface area contributed by atoms with Gasteiger partial charge in [-0.2, -0.15) is 0 Å². The monoisotopic (exact) mass is 438 g/mol. The first-order chi connectivity index (χ1) is 14.5. The molecule has 0 radical (unpaired) electrons. The van der Waals surface area contributed by atoms with E-state index in [2.05, 4.69) is 15.6 Å². The highest BCUT2D eigenvalue weighted by Crippen LogP contribution is 2.36. The maximum atomic E-state index is 13.2. The van der Waals surface area contributed by atoms with Crippen molar-refractivity contribution in [2.75, 3.05) is 5.32 Å². The van der Waals surface area contributed by atoms with Crippen molar-refractivity contribution in [2.45, 2.75) is 19.9 Å². The van der Waals surface area contributed by atoms with E-state index in [0.717, 1.165) is 5.56 Å². The van der Waals surface area contributed by atoms with Crippen LogP contribution in [0.3, 0.4) is 0 Å². The third kappa shape index (κ3) is 3.86. The first kappa shape index (κ1) is 20.2. The molecule has 0 spiro atoms. The van der Waals surface area contributed by atoms with Gasteiger partial charge in [0.1, 0.15) is 15.9 Å². The Hall–Kier alpha value is -3.04. The fourth-order valence-electron chi connectivity index (χ4n) is 3.25. The zero-order valence-electron chi connectivity index (χ0n) is 16.2. The summed E-state index contributed by atoms with van der Waals surface area (Å²) < 4.78 is 5.11. The number of benzene rings is 2. The Morgan fingerprint density at radius 2 is 1.93 bits per heavy atom. The van der Waals surface area contributed by atoms with Crippen LogP contribution in [0.4, 0.5) is 5.69 Å². The van der Waals surface area contributed by atoms with Crippen molar-refractivity contribution in [3.8, 4) is 0 Å². The van der Waals surface area contributed by atoms with E-state index in [1.807, 2.05) is 44.2 Å². The lowest BCUT2D eigenvalue weighted by atomic mass is 10.0. The van der Waals surface area contributed by atoms with Crippen LogP contribution in [-0.2, 0) is 9.59 Å². The fourth-order valence-corrected chi connectivity index (χ4v) is 4.58. The normalized spacial score (nSPS) is 16.6. The Balaban J connectivity index is 1.61. The van der Waals surface area contributed by atoms with Crippen molar-refractivity contribution in [2.24, 2.45) is 5.92 Å². The molecular weight excluding hydrogens is 420 g/mol. The van der Waals surface area contributed by atoms with Gasteiger partial charge in [-0.05, 0) is 40.0 Å². The van der Waals surface area contributed by atoms with Crippen molar-refractivity contribution in [1.82, 2.24) is 15.2 Å². The summed E-state index contributed by atoms with van der Waals surface area (Å²) in [5, 5.41) is 10.5. The molecule has 2 amide bonds. The molecule has 1 saturated heterocycles. The predicted octanol–water partition coefficient (Wildman–Crippen LogP) is 4.09. The summed E-state index contributed by atoms with van der Waals surface area (Å²) in [6, 6.07) is 13.9. The van der Waals surface area contributed by atoms with Crippen LogP contribution in [0, 0.1) is 5.92 Å². The Morgan fingerprint density at radius 3 is 2.67 bits per heavy atom. The third-order valence-electron chi connectivity index (χ3n) is 4.64. The van der Waals surface area contributed by atoms with Crippen molar-refractivity contribution >= 4 is 62.9 Å². The summed E-state index contributed by atoms with van der Waals surface area (Å²) in [6.07, 6.45) is 1.79. The molecule has 1 aromatic heterocycles. The molecule has 2 aromatic carbocycles. The summed E-state index contributed by atoms with van der Waals surface area (Å²) >= 11 is 6.66. The minimum atomic E-state index is -0.769. The maximum Gasteiger partial charge on any atom is 0.266 e. The van der Waals surface area contributed by atoms with Crippen LogP contribution < -0.4 is 5.32 Å². The molecule has 1 N–H and O–H groups in total. The number of nitrogens with zero attached hydrogens (tertiary/aromatic N) is 3. The maximum absolute atomic E-state index is 13.2. The average Bonchev–Trinajstić information content (AvgIpc) is 3.30. The Kier molecular flexibility index (Phi) is 5.65. The smallest absolute Gasteiger partial charge is 0.266 e. The Morgan fingerprint density at radius 1 is 1.17 bits per heavy atom. The molecule has 1 atom stereocenters. The number of carbonyl (C=O) groups excluding carboxylic acids is 2. The molecular formula is C21H18N4O3S2. The molecule has 1 fully saturated rings. The second-order valence-electron chi connectivity index (χ2n) is 7.08. The molecule has 1 aliphatic heterocycles. The number of carbonyl (C=O) groups is 2. The number of hydrogen-bond donors (Lipinski definition) is 1. The van der Waals surface area contributed by atoms with Crippen molar-refractivity contribution in [3.05, 3.63) is 59.0 Å². The standard InChI is InChI=1S/C21H18N4O3S2/c1-12(2)18(19(26)22-14-9-6-10-15-17(14)24-28-23-15)25-20(27)16(30-21(25)29)11-13-7-4-3-5-8-13/h3-12,18H,1-2H3,(H,22,26). The molecule has 7 nitrogen and oxygen atoms in total. The first-order valence-corrected chi connectivity index (χ1v) is 10.5. The van der Waals surface area contributed by atoms with Crippen LogP contribution in [0.2, 0.25) is 0 Å². The molecule has 3 aromatic rings.